The summed E-state index contributed by atoms with van der Waals surface area (Å²) >= 11 is 0. The number of nitrogens with one attached hydrogen (secondary N) is 2. The van der Waals surface area contributed by atoms with Crippen LogP contribution in [-0.4, -0.2) is 25.5 Å². The first-order valence-corrected chi connectivity index (χ1v) is 3.90. The molecule has 0 unspecified atom stereocenters. The monoisotopic (exact) mass is 198 g/mol. The summed E-state index contributed by atoms with van der Waals surface area (Å²) in [5.74, 6) is -0.731. The van der Waals surface area contributed by atoms with Crippen molar-refractivity contribution >= 4 is 11.8 Å². The van der Waals surface area contributed by atoms with Gasteiger partial charge in [0.15, 0.2) is 12.4 Å². The summed E-state index contributed by atoms with van der Waals surface area (Å²) in [4.78, 5) is 26.4. The number of likely N-dealkylation sites (N-methyl/N-ethyl adjacent to an activating group) is 1. The van der Waals surface area contributed by atoms with Crippen LogP contribution in [0.15, 0.2) is 22.8 Å². The molecular weight excluding hydrogens is 188 g/mol. The van der Waals surface area contributed by atoms with E-state index < -0.39 is 5.91 Å². The van der Waals surface area contributed by atoms with Crippen LogP contribution < -0.4 is 10.8 Å². The molecule has 0 saturated heterocycles. The van der Waals surface area contributed by atoms with Gasteiger partial charge in [-0.1, -0.05) is 0 Å². The minimum absolute atomic E-state index is 0.127. The Morgan fingerprint density at radius 3 is 2.93 bits per heavy atom. The number of hydrogen-bond acceptors (Lipinski definition) is 4. The van der Waals surface area contributed by atoms with Gasteiger partial charge in [-0.15, -0.1) is 0 Å². The molecule has 0 saturated carbocycles. The second-order valence-corrected chi connectivity index (χ2v) is 2.37. The van der Waals surface area contributed by atoms with Gasteiger partial charge in [0.1, 0.15) is 0 Å². The summed E-state index contributed by atoms with van der Waals surface area (Å²) in [6, 6.07) is 3.06. The fraction of sp³-hybridized carbons (Fsp3) is 0.250. The average molecular weight is 198 g/mol. The summed E-state index contributed by atoms with van der Waals surface area (Å²) in [5.41, 5.74) is 2.06. The van der Waals surface area contributed by atoms with Crippen molar-refractivity contribution in [2.45, 2.75) is 0 Å². The lowest BCUT2D eigenvalue weighted by Gasteiger charge is -2.02. The SMILES string of the molecule is CNC(=O)CONC(=O)c1ccco1. The molecule has 1 heterocycles. The fourth-order valence-electron chi connectivity index (χ4n) is 0.697. The van der Waals surface area contributed by atoms with E-state index in [1.54, 1.807) is 6.07 Å². The molecular formula is C8H10N2O4. The van der Waals surface area contributed by atoms with Crippen LogP contribution in [0.1, 0.15) is 10.6 Å². The molecule has 0 spiro atoms. The third-order valence-electron chi connectivity index (χ3n) is 1.39. The Labute approximate surface area is 80.2 Å². The molecule has 1 aromatic heterocycles. The van der Waals surface area contributed by atoms with Crippen LogP contribution in [0.3, 0.4) is 0 Å². The summed E-state index contributed by atoms with van der Waals surface area (Å²) in [6.45, 7) is -0.233. The van der Waals surface area contributed by atoms with Crippen LogP contribution in [-0.2, 0) is 9.63 Å². The van der Waals surface area contributed by atoms with Crippen molar-refractivity contribution in [3.05, 3.63) is 24.2 Å². The summed E-state index contributed by atoms with van der Waals surface area (Å²) in [6.07, 6.45) is 1.37. The Hall–Kier alpha value is -1.82. The van der Waals surface area contributed by atoms with E-state index in [9.17, 15) is 9.59 Å². The van der Waals surface area contributed by atoms with E-state index >= 15 is 0 Å². The molecule has 1 rings (SSSR count). The van der Waals surface area contributed by atoms with Crippen LogP contribution in [0, 0.1) is 0 Å². The lowest BCUT2D eigenvalue weighted by molar-refractivity contribution is -0.127. The largest absolute Gasteiger partial charge is 0.459 e. The Bertz CT molecular complexity index is 307. The molecule has 0 aromatic carbocycles. The van der Waals surface area contributed by atoms with Gasteiger partial charge >= 0.3 is 5.91 Å². The molecule has 76 valence electrons. The van der Waals surface area contributed by atoms with E-state index in [2.05, 4.69) is 15.6 Å². The first kappa shape index (κ1) is 10.3. The van der Waals surface area contributed by atoms with Gasteiger partial charge in [0, 0.05) is 7.05 Å². The predicted octanol–water partition coefficient (Wildman–Crippen LogP) is -0.313. The molecule has 6 heteroatoms. The van der Waals surface area contributed by atoms with Crippen LogP contribution in [0.5, 0.6) is 0 Å². The number of rotatable bonds is 4. The number of carbonyl (C=O) groups is 2. The maximum atomic E-state index is 11.1. The Morgan fingerprint density at radius 1 is 1.57 bits per heavy atom. The van der Waals surface area contributed by atoms with Crippen molar-refractivity contribution in [2.24, 2.45) is 0 Å². The highest BCUT2D eigenvalue weighted by Crippen LogP contribution is 1.98. The quantitative estimate of drug-likeness (QED) is 0.650. The van der Waals surface area contributed by atoms with E-state index in [1.807, 2.05) is 0 Å². The smallest absolute Gasteiger partial charge is 0.310 e. The molecule has 1 aromatic rings. The van der Waals surface area contributed by atoms with Gasteiger partial charge in [0.05, 0.1) is 6.26 Å². The van der Waals surface area contributed by atoms with Gasteiger partial charge in [-0.05, 0) is 12.1 Å². The minimum atomic E-state index is -0.529. The molecule has 14 heavy (non-hydrogen) atoms. The Morgan fingerprint density at radius 2 is 2.36 bits per heavy atom. The molecule has 6 nitrogen and oxygen atoms in total. The first-order valence-electron chi connectivity index (χ1n) is 3.90. The number of hydroxylamine groups is 1. The molecule has 2 amide bonds. The number of furan rings is 1. The van der Waals surface area contributed by atoms with Crippen LogP contribution in [0.4, 0.5) is 0 Å². The van der Waals surface area contributed by atoms with Crippen molar-refractivity contribution in [3.63, 3.8) is 0 Å². The van der Waals surface area contributed by atoms with Crippen LogP contribution >= 0.6 is 0 Å². The zero-order chi connectivity index (χ0) is 10.4. The molecule has 0 aliphatic carbocycles. The Kier molecular flexibility index (Phi) is 3.69. The van der Waals surface area contributed by atoms with Gasteiger partial charge in [-0.2, -0.15) is 0 Å². The second kappa shape index (κ2) is 5.03. The third-order valence-corrected chi connectivity index (χ3v) is 1.39. The maximum absolute atomic E-state index is 11.1. The van der Waals surface area contributed by atoms with Crippen molar-refractivity contribution in [3.8, 4) is 0 Å². The normalized spacial score (nSPS) is 9.50. The highest BCUT2D eigenvalue weighted by atomic mass is 16.7. The van der Waals surface area contributed by atoms with E-state index in [-0.39, 0.29) is 18.3 Å². The van der Waals surface area contributed by atoms with E-state index in [4.69, 9.17) is 4.42 Å². The molecule has 0 fully saturated rings. The lowest BCUT2D eigenvalue weighted by Crippen LogP contribution is -2.30. The zero-order valence-corrected chi connectivity index (χ0v) is 7.57. The van der Waals surface area contributed by atoms with Crippen molar-refractivity contribution in [1.29, 1.82) is 0 Å². The van der Waals surface area contributed by atoms with Crippen molar-refractivity contribution < 1.29 is 18.8 Å². The first-order chi connectivity index (χ1) is 6.74. The Balaban J connectivity index is 2.26. The van der Waals surface area contributed by atoms with Gasteiger partial charge in [-0.3, -0.25) is 14.4 Å². The molecule has 2 N–H and O–H groups in total. The van der Waals surface area contributed by atoms with Crippen LogP contribution in [0.2, 0.25) is 0 Å². The third kappa shape index (κ3) is 2.91. The van der Waals surface area contributed by atoms with Crippen molar-refractivity contribution in [1.82, 2.24) is 10.8 Å². The van der Waals surface area contributed by atoms with Gasteiger partial charge in [-0.25, -0.2) is 5.48 Å². The van der Waals surface area contributed by atoms with Gasteiger partial charge in [0.25, 0.3) is 0 Å². The maximum Gasteiger partial charge on any atom is 0.310 e. The zero-order valence-electron chi connectivity index (χ0n) is 7.57. The number of hydrogen-bond donors (Lipinski definition) is 2. The standard InChI is InChI=1S/C8H10N2O4/c1-9-7(11)5-14-10-8(12)6-3-2-4-13-6/h2-4H,5H2,1H3,(H,9,11)(H,10,12). The fourth-order valence-corrected chi connectivity index (χ4v) is 0.697. The van der Waals surface area contributed by atoms with E-state index in [0.29, 0.717) is 0 Å². The topological polar surface area (TPSA) is 80.6 Å². The van der Waals surface area contributed by atoms with Gasteiger partial charge < -0.3 is 9.73 Å². The molecule has 0 bridgehead atoms. The highest BCUT2D eigenvalue weighted by Gasteiger charge is 2.08. The average Bonchev–Trinajstić information content (AvgIpc) is 2.70. The second-order valence-electron chi connectivity index (χ2n) is 2.37. The molecule has 0 aliphatic rings. The predicted molar refractivity (Wildman–Crippen MR) is 46.2 cm³/mol. The molecule has 0 aliphatic heterocycles. The van der Waals surface area contributed by atoms with E-state index in [1.165, 1.54) is 19.4 Å². The summed E-state index contributed by atoms with van der Waals surface area (Å²) in [7, 11) is 1.47. The summed E-state index contributed by atoms with van der Waals surface area (Å²) in [5, 5.41) is 2.33. The van der Waals surface area contributed by atoms with Crippen molar-refractivity contribution in [2.75, 3.05) is 13.7 Å². The number of amides is 2. The summed E-state index contributed by atoms with van der Waals surface area (Å²) < 4.78 is 4.79. The van der Waals surface area contributed by atoms with Crippen LogP contribution in [0.25, 0.3) is 0 Å². The van der Waals surface area contributed by atoms with E-state index in [0.717, 1.165) is 0 Å². The lowest BCUT2D eigenvalue weighted by atomic mass is 10.4. The van der Waals surface area contributed by atoms with Gasteiger partial charge in [0.2, 0.25) is 5.91 Å². The highest BCUT2D eigenvalue weighted by molar-refractivity contribution is 5.90. The minimum Gasteiger partial charge on any atom is -0.459 e. The number of carbonyl (C=O) groups excluding carboxylic acids is 2. The molecule has 0 radical (unpaired) electrons. The molecule has 0 atom stereocenters.